The van der Waals surface area contributed by atoms with Crippen molar-refractivity contribution in [2.24, 2.45) is 0 Å². The lowest BCUT2D eigenvalue weighted by Gasteiger charge is -2.35. The van der Waals surface area contributed by atoms with Crippen LogP contribution in [0.2, 0.25) is 0 Å². The van der Waals surface area contributed by atoms with E-state index in [1.165, 1.54) is 32.1 Å². The van der Waals surface area contributed by atoms with Crippen LogP contribution in [0, 0.1) is 0 Å². The molecule has 2 rings (SSSR count). The SMILES string of the molecule is OC1CCCCCCC1N1CCCOCC1. The predicted molar refractivity (Wildman–Crippen MR) is 64.5 cm³/mol. The van der Waals surface area contributed by atoms with Crippen LogP contribution in [0.1, 0.15) is 44.9 Å². The second-order valence-electron chi connectivity index (χ2n) is 5.13. The van der Waals surface area contributed by atoms with Crippen molar-refractivity contribution < 1.29 is 9.84 Å². The highest BCUT2D eigenvalue weighted by atomic mass is 16.5. The number of hydrogen-bond donors (Lipinski definition) is 1. The summed E-state index contributed by atoms with van der Waals surface area (Å²) in [5.41, 5.74) is 0. The average Bonchev–Trinajstić information content (AvgIpc) is 2.53. The van der Waals surface area contributed by atoms with E-state index >= 15 is 0 Å². The Morgan fingerprint density at radius 2 is 1.69 bits per heavy atom. The number of rotatable bonds is 1. The molecule has 94 valence electrons. The predicted octanol–water partition coefficient (Wildman–Crippen LogP) is 1.79. The Balaban J connectivity index is 1.91. The smallest absolute Gasteiger partial charge is 0.0695 e. The van der Waals surface area contributed by atoms with Crippen LogP contribution in [0.15, 0.2) is 0 Å². The third-order valence-electron chi connectivity index (χ3n) is 3.92. The van der Waals surface area contributed by atoms with Gasteiger partial charge >= 0.3 is 0 Å². The van der Waals surface area contributed by atoms with E-state index in [0.717, 1.165) is 39.1 Å². The number of aliphatic hydroxyl groups is 1. The minimum Gasteiger partial charge on any atom is -0.391 e. The summed E-state index contributed by atoms with van der Waals surface area (Å²) in [4.78, 5) is 2.46. The van der Waals surface area contributed by atoms with Gasteiger partial charge in [0.05, 0.1) is 12.7 Å². The molecular formula is C13H25NO2. The third-order valence-corrected chi connectivity index (χ3v) is 3.92. The van der Waals surface area contributed by atoms with Gasteiger partial charge in [-0.2, -0.15) is 0 Å². The maximum Gasteiger partial charge on any atom is 0.0695 e. The zero-order chi connectivity index (χ0) is 11.2. The lowest BCUT2D eigenvalue weighted by atomic mass is 9.93. The Bertz CT molecular complexity index is 190. The molecule has 16 heavy (non-hydrogen) atoms. The highest BCUT2D eigenvalue weighted by Gasteiger charge is 2.26. The first kappa shape index (κ1) is 12.3. The molecule has 3 heteroatoms. The Hall–Kier alpha value is -0.120. The molecule has 1 aliphatic heterocycles. The summed E-state index contributed by atoms with van der Waals surface area (Å²) in [6, 6.07) is 0.391. The number of nitrogens with zero attached hydrogens (tertiary/aromatic N) is 1. The Morgan fingerprint density at radius 1 is 0.875 bits per heavy atom. The first-order valence-electron chi connectivity index (χ1n) is 6.88. The zero-order valence-electron chi connectivity index (χ0n) is 10.2. The molecule has 0 amide bonds. The van der Waals surface area contributed by atoms with E-state index in [1.54, 1.807) is 0 Å². The molecule has 3 nitrogen and oxygen atoms in total. The van der Waals surface area contributed by atoms with Crippen molar-refractivity contribution in [1.82, 2.24) is 4.90 Å². The van der Waals surface area contributed by atoms with Crippen molar-refractivity contribution in [1.29, 1.82) is 0 Å². The van der Waals surface area contributed by atoms with Crippen LogP contribution in [0.5, 0.6) is 0 Å². The highest BCUT2D eigenvalue weighted by molar-refractivity contribution is 4.81. The van der Waals surface area contributed by atoms with Crippen LogP contribution in [0.3, 0.4) is 0 Å². The molecule has 0 radical (unpaired) electrons. The van der Waals surface area contributed by atoms with Gasteiger partial charge in [-0.3, -0.25) is 4.90 Å². The molecule has 0 bridgehead atoms. The van der Waals surface area contributed by atoms with E-state index in [2.05, 4.69) is 4.90 Å². The second kappa shape index (κ2) is 6.58. The lowest BCUT2D eigenvalue weighted by Crippen LogP contribution is -2.45. The fourth-order valence-electron chi connectivity index (χ4n) is 2.97. The van der Waals surface area contributed by atoms with Gasteiger partial charge in [0.2, 0.25) is 0 Å². The molecule has 1 aliphatic carbocycles. The molecule has 2 unspecified atom stereocenters. The lowest BCUT2D eigenvalue weighted by molar-refractivity contribution is 0.0294. The standard InChI is InChI=1S/C13H25NO2/c15-13-7-4-2-1-3-6-12(13)14-8-5-10-16-11-9-14/h12-13,15H,1-11H2. The molecule has 2 atom stereocenters. The third kappa shape index (κ3) is 3.44. The number of aliphatic hydroxyl groups excluding tert-OH is 1. The zero-order valence-corrected chi connectivity index (χ0v) is 10.2. The van der Waals surface area contributed by atoms with Crippen LogP contribution >= 0.6 is 0 Å². The summed E-state index contributed by atoms with van der Waals surface area (Å²) < 4.78 is 5.48. The summed E-state index contributed by atoms with van der Waals surface area (Å²) in [6.07, 6.45) is 8.27. The maximum absolute atomic E-state index is 10.2. The van der Waals surface area contributed by atoms with Gasteiger partial charge in [0.15, 0.2) is 0 Å². The van der Waals surface area contributed by atoms with E-state index in [1.807, 2.05) is 0 Å². The van der Waals surface area contributed by atoms with Gasteiger partial charge < -0.3 is 9.84 Å². The van der Waals surface area contributed by atoms with E-state index in [4.69, 9.17) is 4.74 Å². The summed E-state index contributed by atoms with van der Waals surface area (Å²) >= 11 is 0. The van der Waals surface area contributed by atoms with Crippen molar-refractivity contribution in [3.05, 3.63) is 0 Å². The van der Waals surface area contributed by atoms with Crippen molar-refractivity contribution in [2.45, 2.75) is 57.1 Å². The molecule has 2 fully saturated rings. The van der Waals surface area contributed by atoms with Crippen molar-refractivity contribution in [3.8, 4) is 0 Å². The highest BCUT2D eigenvalue weighted by Crippen LogP contribution is 2.22. The van der Waals surface area contributed by atoms with Crippen LogP contribution in [0.4, 0.5) is 0 Å². The Labute approximate surface area is 98.8 Å². The first-order chi connectivity index (χ1) is 7.88. The van der Waals surface area contributed by atoms with E-state index in [0.29, 0.717) is 6.04 Å². The van der Waals surface area contributed by atoms with E-state index in [9.17, 15) is 5.11 Å². The minimum atomic E-state index is -0.113. The summed E-state index contributed by atoms with van der Waals surface area (Å²) in [5.74, 6) is 0. The van der Waals surface area contributed by atoms with E-state index in [-0.39, 0.29) is 6.10 Å². The fraction of sp³-hybridized carbons (Fsp3) is 1.00. The summed E-state index contributed by atoms with van der Waals surface area (Å²) in [7, 11) is 0. The summed E-state index contributed by atoms with van der Waals surface area (Å²) in [5, 5.41) is 10.2. The largest absolute Gasteiger partial charge is 0.391 e. The van der Waals surface area contributed by atoms with Gasteiger partial charge in [-0.1, -0.05) is 25.7 Å². The maximum atomic E-state index is 10.2. The molecule has 0 aromatic heterocycles. The molecule has 2 aliphatic rings. The molecule has 0 spiro atoms. The molecule has 1 saturated carbocycles. The van der Waals surface area contributed by atoms with Gasteiger partial charge in [-0.05, 0) is 19.3 Å². The summed E-state index contributed by atoms with van der Waals surface area (Å²) in [6.45, 7) is 3.83. The quantitative estimate of drug-likeness (QED) is 0.741. The van der Waals surface area contributed by atoms with Crippen LogP contribution in [-0.4, -0.2) is 48.5 Å². The van der Waals surface area contributed by atoms with Crippen molar-refractivity contribution >= 4 is 0 Å². The molecule has 1 N–H and O–H groups in total. The van der Waals surface area contributed by atoms with Crippen molar-refractivity contribution in [3.63, 3.8) is 0 Å². The van der Waals surface area contributed by atoms with Crippen LogP contribution < -0.4 is 0 Å². The molecule has 0 aromatic carbocycles. The average molecular weight is 227 g/mol. The normalized spacial score (nSPS) is 35.1. The van der Waals surface area contributed by atoms with Gasteiger partial charge in [-0.15, -0.1) is 0 Å². The molecule has 1 heterocycles. The van der Waals surface area contributed by atoms with Crippen LogP contribution in [-0.2, 0) is 4.74 Å². The van der Waals surface area contributed by atoms with Gasteiger partial charge in [-0.25, -0.2) is 0 Å². The number of hydrogen-bond acceptors (Lipinski definition) is 3. The van der Waals surface area contributed by atoms with Gasteiger partial charge in [0, 0.05) is 25.7 Å². The minimum absolute atomic E-state index is 0.113. The van der Waals surface area contributed by atoms with E-state index < -0.39 is 0 Å². The first-order valence-corrected chi connectivity index (χ1v) is 6.88. The van der Waals surface area contributed by atoms with Crippen molar-refractivity contribution in [2.75, 3.05) is 26.3 Å². The van der Waals surface area contributed by atoms with Crippen LogP contribution in [0.25, 0.3) is 0 Å². The topological polar surface area (TPSA) is 32.7 Å². The Kier molecular flexibility index (Phi) is 5.07. The van der Waals surface area contributed by atoms with Gasteiger partial charge in [0.1, 0.15) is 0 Å². The Morgan fingerprint density at radius 3 is 2.56 bits per heavy atom. The molecule has 1 saturated heterocycles. The van der Waals surface area contributed by atoms with Gasteiger partial charge in [0.25, 0.3) is 0 Å². The molecular weight excluding hydrogens is 202 g/mol. The molecule has 0 aromatic rings. The number of ether oxygens (including phenoxy) is 1. The second-order valence-corrected chi connectivity index (χ2v) is 5.13. The monoisotopic (exact) mass is 227 g/mol. The fourth-order valence-corrected chi connectivity index (χ4v) is 2.97.